The fraction of sp³-hybridized carbons (Fsp3) is 0.0625. The van der Waals surface area contributed by atoms with Gasteiger partial charge in [0.2, 0.25) is 5.78 Å². The summed E-state index contributed by atoms with van der Waals surface area (Å²) in [6, 6.07) is 12.7. The lowest BCUT2D eigenvalue weighted by Crippen LogP contribution is -2.36. The zero-order valence-electron chi connectivity index (χ0n) is 11.6. The minimum absolute atomic E-state index is 0.495. The number of hydrogen-bond acceptors (Lipinski definition) is 3. The first-order chi connectivity index (χ1) is 10.7. The van der Waals surface area contributed by atoms with E-state index < -0.39 is 25.8 Å². The number of allylic oxidation sites excluding steroid dienone is 1. The van der Waals surface area contributed by atoms with Gasteiger partial charge in [-0.3, -0.25) is 4.79 Å². The molecule has 23 heavy (non-hydrogen) atoms. The van der Waals surface area contributed by atoms with Gasteiger partial charge in [0.05, 0.1) is 4.90 Å². The third kappa shape index (κ3) is 3.73. The highest BCUT2D eigenvalue weighted by atomic mass is 79.9. The van der Waals surface area contributed by atoms with E-state index in [0.29, 0.717) is 11.6 Å². The van der Waals surface area contributed by atoms with Gasteiger partial charge >= 0.3 is 5.25 Å². The van der Waals surface area contributed by atoms with Crippen molar-refractivity contribution in [2.45, 2.75) is 10.2 Å². The molecule has 0 aromatic heterocycles. The lowest BCUT2D eigenvalue weighted by Gasteiger charge is -2.13. The Kier molecular flexibility index (Phi) is 5.11. The van der Waals surface area contributed by atoms with E-state index in [1.54, 1.807) is 24.3 Å². The second-order valence-corrected chi connectivity index (χ2v) is 7.49. The maximum Gasteiger partial charge on any atom is 0.410 e. The van der Waals surface area contributed by atoms with Crippen molar-refractivity contribution in [1.29, 1.82) is 0 Å². The smallest absolute Gasteiger partial charge is 0.287 e. The first kappa shape index (κ1) is 17.5. The topological polar surface area (TPSA) is 51.2 Å². The van der Waals surface area contributed by atoms with Crippen LogP contribution in [-0.4, -0.2) is 19.5 Å². The van der Waals surface area contributed by atoms with Gasteiger partial charge in [-0.2, -0.15) is 8.78 Å². The number of sulfone groups is 1. The van der Waals surface area contributed by atoms with Crippen LogP contribution < -0.4 is 0 Å². The van der Waals surface area contributed by atoms with Crippen molar-refractivity contribution < 1.29 is 22.0 Å². The van der Waals surface area contributed by atoms with Crippen molar-refractivity contribution in [1.82, 2.24) is 0 Å². The van der Waals surface area contributed by atoms with Crippen molar-refractivity contribution in [3.63, 3.8) is 0 Å². The van der Waals surface area contributed by atoms with Crippen molar-refractivity contribution in [3.05, 3.63) is 70.7 Å². The third-order valence-corrected chi connectivity index (χ3v) is 5.27. The molecule has 0 atom stereocenters. The average molecular weight is 401 g/mol. The molecule has 3 nitrogen and oxygen atoms in total. The summed E-state index contributed by atoms with van der Waals surface area (Å²) in [5.41, 5.74) is 0.495. The van der Waals surface area contributed by atoms with E-state index in [0.717, 1.165) is 22.7 Å². The van der Waals surface area contributed by atoms with Crippen LogP contribution >= 0.6 is 15.9 Å². The molecular formula is C16H11BrF2O3S. The molecule has 2 aromatic rings. The van der Waals surface area contributed by atoms with Crippen LogP contribution in [0.15, 0.2) is 70.0 Å². The molecule has 0 aliphatic heterocycles. The Balaban J connectivity index is 2.28. The largest absolute Gasteiger partial charge is 0.410 e. The van der Waals surface area contributed by atoms with Gasteiger partial charge in [-0.1, -0.05) is 52.3 Å². The second-order valence-electron chi connectivity index (χ2n) is 4.58. The summed E-state index contributed by atoms with van der Waals surface area (Å²) in [5.74, 6) is -1.79. The highest BCUT2D eigenvalue weighted by Crippen LogP contribution is 2.30. The zero-order valence-corrected chi connectivity index (χ0v) is 14.0. The summed E-state index contributed by atoms with van der Waals surface area (Å²) < 4.78 is 52.8. The molecule has 0 spiro atoms. The lowest BCUT2D eigenvalue weighted by atomic mass is 10.2. The summed E-state index contributed by atoms with van der Waals surface area (Å²) in [4.78, 5) is 11.1. The lowest BCUT2D eigenvalue weighted by molar-refractivity contribution is -0.128. The number of ketones is 1. The molecule has 0 saturated heterocycles. The highest BCUT2D eigenvalue weighted by molar-refractivity contribution is 9.10. The maximum atomic E-state index is 14.1. The number of benzene rings is 2. The maximum absolute atomic E-state index is 14.1. The predicted molar refractivity (Wildman–Crippen MR) is 86.8 cm³/mol. The molecule has 0 fully saturated rings. The molecule has 0 bridgehead atoms. The average Bonchev–Trinajstić information content (AvgIpc) is 2.54. The normalized spacial score (nSPS) is 12.5. The number of rotatable bonds is 5. The third-order valence-electron chi connectivity index (χ3n) is 2.98. The summed E-state index contributed by atoms with van der Waals surface area (Å²) in [6.07, 6.45) is 1.72. The van der Waals surface area contributed by atoms with Crippen molar-refractivity contribution in [2.75, 3.05) is 0 Å². The minimum Gasteiger partial charge on any atom is -0.287 e. The van der Waals surface area contributed by atoms with E-state index in [4.69, 9.17) is 0 Å². The molecule has 0 amide bonds. The zero-order chi connectivity index (χ0) is 17.1. The SMILES string of the molecule is O=C(/C=C/c1ccc(Br)cc1)C(F)(F)S(=O)(=O)c1ccccc1. The second kappa shape index (κ2) is 6.72. The number of alkyl halides is 2. The van der Waals surface area contributed by atoms with E-state index in [2.05, 4.69) is 15.9 Å². The molecule has 120 valence electrons. The van der Waals surface area contributed by atoms with E-state index in [1.165, 1.54) is 18.2 Å². The van der Waals surface area contributed by atoms with Crippen molar-refractivity contribution in [2.24, 2.45) is 0 Å². The Morgan fingerprint density at radius 1 is 1.00 bits per heavy atom. The predicted octanol–water partition coefficient (Wildman–Crippen LogP) is 4.10. The molecule has 2 aromatic carbocycles. The van der Waals surface area contributed by atoms with Crippen LogP contribution in [0.1, 0.15) is 5.56 Å². The first-order valence-electron chi connectivity index (χ1n) is 6.41. The van der Waals surface area contributed by atoms with E-state index in [-0.39, 0.29) is 0 Å². The molecule has 0 saturated carbocycles. The van der Waals surface area contributed by atoms with Crippen LogP contribution in [-0.2, 0) is 14.6 Å². The Morgan fingerprint density at radius 2 is 1.57 bits per heavy atom. The summed E-state index contributed by atoms with van der Waals surface area (Å²) in [5, 5.41) is -4.53. The van der Waals surface area contributed by atoms with Gasteiger partial charge in [-0.25, -0.2) is 8.42 Å². The molecular weight excluding hydrogens is 390 g/mol. The molecule has 0 aliphatic rings. The number of carbonyl (C=O) groups excluding carboxylic acids is 1. The number of hydrogen-bond donors (Lipinski definition) is 0. The van der Waals surface area contributed by atoms with Gasteiger partial charge in [0.1, 0.15) is 0 Å². The highest BCUT2D eigenvalue weighted by Gasteiger charge is 2.51. The minimum atomic E-state index is -5.09. The molecule has 0 unspecified atom stereocenters. The van der Waals surface area contributed by atoms with Crippen molar-refractivity contribution >= 4 is 37.6 Å². The van der Waals surface area contributed by atoms with Gasteiger partial charge in [0.25, 0.3) is 9.84 Å². The van der Waals surface area contributed by atoms with Gasteiger partial charge < -0.3 is 0 Å². The Morgan fingerprint density at radius 3 is 2.13 bits per heavy atom. The van der Waals surface area contributed by atoms with Gasteiger partial charge in [-0.05, 0) is 35.9 Å². The van der Waals surface area contributed by atoms with Crippen LogP contribution in [0.3, 0.4) is 0 Å². The van der Waals surface area contributed by atoms with E-state index >= 15 is 0 Å². The van der Waals surface area contributed by atoms with Crippen LogP contribution in [0, 0.1) is 0 Å². The molecule has 0 N–H and O–H groups in total. The fourth-order valence-corrected chi connectivity index (χ4v) is 3.13. The van der Waals surface area contributed by atoms with Crippen LogP contribution in [0.4, 0.5) is 8.78 Å². The molecule has 7 heteroatoms. The fourth-order valence-electron chi connectivity index (χ4n) is 1.72. The molecule has 0 radical (unpaired) electrons. The Hall–Kier alpha value is -1.86. The molecule has 0 aliphatic carbocycles. The van der Waals surface area contributed by atoms with Gasteiger partial charge in [0, 0.05) is 4.47 Å². The van der Waals surface area contributed by atoms with Crippen molar-refractivity contribution in [3.8, 4) is 0 Å². The standard InChI is InChI=1S/C16H11BrF2O3S/c17-13-9-6-12(7-10-13)8-11-15(20)16(18,19)23(21,22)14-4-2-1-3-5-14/h1-11H/b11-8+. The van der Waals surface area contributed by atoms with Crippen LogP contribution in [0.5, 0.6) is 0 Å². The van der Waals surface area contributed by atoms with Gasteiger partial charge in [0.15, 0.2) is 0 Å². The number of carbonyl (C=O) groups is 1. The van der Waals surface area contributed by atoms with Crippen LogP contribution in [0.2, 0.25) is 0 Å². The summed E-state index contributed by atoms with van der Waals surface area (Å²) >= 11 is 3.22. The van der Waals surface area contributed by atoms with E-state index in [9.17, 15) is 22.0 Å². The van der Waals surface area contributed by atoms with Gasteiger partial charge in [-0.15, -0.1) is 0 Å². The molecule has 0 heterocycles. The van der Waals surface area contributed by atoms with Crippen LogP contribution in [0.25, 0.3) is 6.08 Å². The quantitative estimate of drug-likeness (QED) is 0.709. The van der Waals surface area contributed by atoms with E-state index in [1.807, 2.05) is 0 Å². The summed E-state index contributed by atoms with van der Waals surface area (Å²) in [7, 11) is -5.09. The first-order valence-corrected chi connectivity index (χ1v) is 8.68. The molecule has 2 rings (SSSR count). The number of halogens is 3. The Bertz CT molecular complexity index is 829. The monoisotopic (exact) mass is 400 g/mol. The Labute approximate surface area is 140 Å². The summed E-state index contributed by atoms with van der Waals surface area (Å²) in [6.45, 7) is 0.